The highest BCUT2D eigenvalue weighted by atomic mass is 19.1. The van der Waals surface area contributed by atoms with Crippen LogP contribution in [0, 0.1) is 12.7 Å². The van der Waals surface area contributed by atoms with Crippen LogP contribution in [0.1, 0.15) is 36.7 Å². The lowest BCUT2D eigenvalue weighted by molar-refractivity contribution is 0.102. The number of aryl methyl sites for hydroxylation is 1. The van der Waals surface area contributed by atoms with Crippen molar-refractivity contribution in [3.8, 4) is 11.5 Å². The van der Waals surface area contributed by atoms with Crippen LogP contribution >= 0.6 is 0 Å². The Kier molecular flexibility index (Phi) is 6.43. The number of nitrogens with zero attached hydrogens (tertiary/aromatic N) is 2. The van der Waals surface area contributed by atoms with Gasteiger partial charge in [0.1, 0.15) is 18.0 Å². The molecule has 8 heteroatoms. The number of rotatable bonds is 5. The molecule has 1 atom stereocenters. The van der Waals surface area contributed by atoms with Gasteiger partial charge in [-0.3, -0.25) is 4.79 Å². The number of aliphatic hydroxyl groups is 1. The van der Waals surface area contributed by atoms with Crippen molar-refractivity contribution < 1.29 is 23.8 Å². The summed E-state index contributed by atoms with van der Waals surface area (Å²) in [5.74, 6) is 0.118. The van der Waals surface area contributed by atoms with Gasteiger partial charge in [0.2, 0.25) is 0 Å². The van der Waals surface area contributed by atoms with Gasteiger partial charge in [0.25, 0.3) is 5.91 Å². The molecule has 0 aliphatic carbocycles. The number of pyridine rings is 1. The molecule has 1 aliphatic rings. The zero-order chi connectivity index (χ0) is 24.5. The molecule has 3 aromatic rings. The van der Waals surface area contributed by atoms with E-state index in [2.05, 4.69) is 10.3 Å². The topological polar surface area (TPSA) is 83.9 Å². The van der Waals surface area contributed by atoms with Gasteiger partial charge < -0.3 is 24.8 Å². The minimum Gasteiger partial charge on any atom is -0.488 e. The second-order valence-electron chi connectivity index (χ2n) is 9.18. The van der Waals surface area contributed by atoms with E-state index in [-0.39, 0.29) is 25.0 Å². The van der Waals surface area contributed by atoms with Crippen LogP contribution in [0.2, 0.25) is 0 Å². The number of amides is 1. The molecule has 1 aliphatic heterocycles. The number of fused-ring (bicyclic) bond motifs is 1. The number of hydrogen-bond acceptors (Lipinski definition) is 6. The summed E-state index contributed by atoms with van der Waals surface area (Å²) in [5.41, 5.74) is 1.67. The summed E-state index contributed by atoms with van der Waals surface area (Å²) in [6.45, 7) is 7.47. The Morgan fingerprint density at radius 3 is 2.71 bits per heavy atom. The summed E-state index contributed by atoms with van der Waals surface area (Å²) in [5, 5.41) is 12.6. The average Bonchev–Trinajstić information content (AvgIpc) is 2.79. The molecule has 0 bridgehead atoms. The highest BCUT2D eigenvalue weighted by Gasteiger charge is 2.32. The number of carbonyl (C=O) groups excluding carboxylic acids is 1. The maximum Gasteiger partial charge on any atom is 0.259 e. The van der Waals surface area contributed by atoms with E-state index in [1.807, 2.05) is 50.8 Å². The molecule has 0 saturated carbocycles. The van der Waals surface area contributed by atoms with Crippen LogP contribution in [0.5, 0.6) is 11.5 Å². The second-order valence-corrected chi connectivity index (χ2v) is 9.18. The molecule has 0 fully saturated rings. The largest absolute Gasteiger partial charge is 0.488 e. The molecule has 34 heavy (non-hydrogen) atoms. The predicted molar refractivity (Wildman–Crippen MR) is 129 cm³/mol. The van der Waals surface area contributed by atoms with Crippen molar-refractivity contribution in [3.05, 3.63) is 71.7 Å². The number of para-hydroxylation sites is 1. The van der Waals surface area contributed by atoms with Crippen molar-refractivity contribution >= 4 is 23.1 Å². The zero-order valence-corrected chi connectivity index (χ0v) is 19.6. The molecule has 1 unspecified atom stereocenters. The van der Waals surface area contributed by atoms with E-state index in [1.165, 1.54) is 12.1 Å². The third-order valence-electron chi connectivity index (χ3n) is 5.24. The van der Waals surface area contributed by atoms with E-state index in [4.69, 9.17) is 9.47 Å². The van der Waals surface area contributed by atoms with Crippen LogP contribution in [-0.2, 0) is 0 Å². The zero-order valence-electron chi connectivity index (χ0n) is 19.6. The second kappa shape index (κ2) is 9.30. The van der Waals surface area contributed by atoms with Crippen LogP contribution in [0.3, 0.4) is 0 Å². The lowest BCUT2D eigenvalue weighted by Gasteiger charge is -2.37. The van der Waals surface area contributed by atoms with Gasteiger partial charge >= 0.3 is 0 Å². The molecule has 178 valence electrons. The fourth-order valence-corrected chi connectivity index (χ4v) is 3.73. The smallest absolute Gasteiger partial charge is 0.259 e. The summed E-state index contributed by atoms with van der Waals surface area (Å²) in [6, 6.07) is 12.9. The van der Waals surface area contributed by atoms with Gasteiger partial charge in [0, 0.05) is 18.0 Å². The van der Waals surface area contributed by atoms with Gasteiger partial charge in [-0.05, 0) is 63.6 Å². The Bertz CT molecular complexity index is 1190. The number of aromatic nitrogens is 1. The minimum atomic E-state index is -0.568. The maximum absolute atomic E-state index is 14.5. The molecule has 2 N–H and O–H groups in total. The van der Waals surface area contributed by atoms with Crippen LogP contribution in [0.25, 0.3) is 0 Å². The molecule has 4 rings (SSSR count). The SMILES string of the molecule is Cc1ccc(N2c3cccc(C(=O)Nc4ccc(OC(C)(C)C)c(F)c4)c3OCC2CO)nc1. The van der Waals surface area contributed by atoms with Gasteiger partial charge in [-0.15, -0.1) is 0 Å². The lowest BCUT2D eigenvalue weighted by atomic mass is 10.1. The number of aliphatic hydroxyl groups excluding tert-OH is 1. The Morgan fingerprint density at radius 1 is 1.26 bits per heavy atom. The first-order chi connectivity index (χ1) is 16.2. The molecule has 7 nitrogen and oxygen atoms in total. The first-order valence-corrected chi connectivity index (χ1v) is 11.0. The molecule has 1 aromatic heterocycles. The number of hydrogen-bond donors (Lipinski definition) is 2. The lowest BCUT2D eigenvalue weighted by Crippen LogP contribution is -2.43. The van der Waals surface area contributed by atoms with Crippen molar-refractivity contribution in [3.63, 3.8) is 0 Å². The van der Waals surface area contributed by atoms with Gasteiger partial charge in [-0.1, -0.05) is 12.1 Å². The monoisotopic (exact) mass is 465 g/mol. The van der Waals surface area contributed by atoms with Crippen LogP contribution in [0.4, 0.5) is 21.6 Å². The van der Waals surface area contributed by atoms with E-state index >= 15 is 0 Å². The molecule has 0 saturated heterocycles. The van der Waals surface area contributed by atoms with Gasteiger partial charge in [0.15, 0.2) is 17.3 Å². The Hall–Kier alpha value is -3.65. The van der Waals surface area contributed by atoms with E-state index in [1.54, 1.807) is 24.4 Å². The molecule has 2 heterocycles. The standard InChI is InChI=1S/C26H28FN3O4/c1-16-8-11-23(28-13-16)30-18(14-31)15-33-24-19(6-5-7-21(24)30)25(32)29-17-9-10-22(20(27)12-17)34-26(2,3)4/h5-13,18,31H,14-15H2,1-4H3,(H,29,32). The average molecular weight is 466 g/mol. The molecule has 2 aromatic carbocycles. The van der Waals surface area contributed by atoms with Crippen molar-refractivity contribution in [2.45, 2.75) is 39.3 Å². The number of nitrogens with one attached hydrogen (secondary N) is 1. The van der Waals surface area contributed by atoms with Gasteiger partial charge in [-0.25, -0.2) is 9.37 Å². The number of carbonyl (C=O) groups is 1. The van der Waals surface area contributed by atoms with Crippen LogP contribution < -0.4 is 19.7 Å². The number of halogens is 1. The van der Waals surface area contributed by atoms with E-state index < -0.39 is 17.3 Å². The van der Waals surface area contributed by atoms with Gasteiger partial charge in [0.05, 0.1) is 23.9 Å². The van der Waals surface area contributed by atoms with Crippen molar-refractivity contribution in [2.24, 2.45) is 0 Å². The summed E-state index contributed by atoms with van der Waals surface area (Å²) in [6.07, 6.45) is 1.75. The van der Waals surface area contributed by atoms with Crippen molar-refractivity contribution in [1.82, 2.24) is 4.98 Å². The van der Waals surface area contributed by atoms with E-state index in [0.717, 1.165) is 5.56 Å². The minimum absolute atomic E-state index is 0.113. The van der Waals surface area contributed by atoms with Gasteiger partial charge in [-0.2, -0.15) is 0 Å². The number of benzene rings is 2. The first kappa shape index (κ1) is 23.5. The summed E-state index contributed by atoms with van der Waals surface area (Å²) < 4.78 is 26.0. The Balaban J connectivity index is 1.63. The number of ether oxygens (including phenoxy) is 2. The first-order valence-electron chi connectivity index (χ1n) is 11.0. The predicted octanol–water partition coefficient (Wildman–Crippen LogP) is 4.85. The normalized spacial score (nSPS) is 15.4. The van der Waals surface area contributed by atoms with Crippen molar-refractivity contribution in [1.29, 1.82) is 0 Å². The molecule has 1 amide bonds. The Morgan fingerprint density at radius 2 is 2.06 bits per heavy atom. The summed E-state index contributed by atoms with van der Waals surface area (Å²) in [4.78, 5) is 19.5. The molecule has 0 spiro atoms. The summed E-state index contributed by atoms with van der Waals surface area (Å²) >= 11 is 0. The quantitative estimate of drug-likeness (QED) is 0.561. The maximum atomic E-state index is 14.5. The fourth-order valence-electron chi connectivity index (χ4n) is 3.73. The van der Waals surface area contributed by atoms with Crippen LogP contribution in [-0.4, -0.2) is 40.9 Å². The van der Waals surface area contributed by atoms with E-state index in [0.29, 0.717) is 28.5 Å². The highest BCUT2D eigenvalue weighted by Crippen LogP contribution is 2.41. The fraction of sp³-hybridized carbons (Fsp3) is 0.308. The number of anilines is 3. The molecular formula is C26H28FN3O4. The Labute approximate surface area is 198 Å². The third kappa shape index (κ3) is 4.97. The van der Waals surface area contributed by atoms with Crippen LogP contribution in [0.15, 0.2) is 54.7 Å². The summed E-state index contributed by atoms with van der Waals surface area (Å²) in [7, 11) is 0. The molecular weight excluding hydrogens is 437 g/mol. The molecule has 0 radical (unpaired) electrons. The van der Waals surface area contributed by atoms with E-state index in [9.17, 15) is 14.3 Å². The van der Waals surface area contributed by atoms with Crippen molar-refractivity contribution in [2.75, 3.05) is 23.4 Å². The third-order valence-corrected chi connectivity index (χ3v) is 5.24. The highest BCUT2D eigenvalue weighted by molar-refractivity contribution is 6.07.